The van der Waals surface area contributed by atoms with Crippen molar-refractivity contribution in [3.63, 3.8) is 0 Å². The number of hydrogen-bond acceptors (Lipinski definition) is 5. The fraction of sp³-hybridized carbons (Fsp3) is 0.567. The quantitative estimate of drug-likeness (QED) is 0.212. The molecule has 1 heterocycles. The number of β-amino-alcohol motifs (C(OH)–C–C–N with tert-alkyl or cyclic N) is 1. The number of aliphatic hydroxyl groups excluding tert-OH is 1. The van der Waals surface area contributed by atoms with Crippen molar-refractivity contribution in [2.24, 2.45) is 0 Å². The Balaban J connectivity index is 1.70. The van der Waals surface area contributed by atoms with E-state index in [1.807, 2.05) is 24.3 Å². The maximum atomic E-state index is 13.7. The first-order valence-electron chi connectivity index (χ1n) is 14.0. The molecule has 3 unspecified atom stereocenters. The van der Waals surface area contributed by atoms with Crippen molar-refractivity contribution < 1.29 is 37.7 Å². The Labute approximate surface area is 237 Å². The molecule has 222 valence electrons. The van der Waals surface area contributed by atoms with E-state index in [4.69, 9.17) is 13.9 Å². The highest BCUT2D eigenvalue weighted by molar-refractivity contribution is 6.77. The summed E-state index contributed by atoms with van der Waals surface area (Å²) in [5.41, 5.74) is 1.78. The Hall–Kier alpha value is -2.69. The number of aliphatic hydroxyl groups is 1. The number of benzene rings is 2. The maximum Gasteiger partial charge on any atom is 0.407 e. The molecule has 0 bridgehead atoms. The number of likely N-dealkylation sites (tertiary alicyclic amines) is 1. The third-order valence-corrected chi connectivity index (χ3v) is 14.1. The van der Waals surface area contributed by atoms with E-state index >= 15 is 0 Å². The third-order valence-electron chi connectivity index (χ3n) is 7.93. The van der Waals surface area contributed by atoms with Crippen LogP contribution in [0.5, 0.6) is 11.5 Å². The van der Waals surface area contributed by atoms with Crippen molar-refractivity contribution in [1.82, 2.24) is 4.90 Å². The molecular formula is C30H43F2NO6Si. The van der Waals surface area contributed by atoms with E-state index in [1.165, 1.54) is 4.90 Å². The molecule has 3 atom stereocenters. The van der Waals surface area contributed by atoms with Gasteiger partial charge in [0, 0.05) is 24.9 Å². The average molecular weight is 580 g/mol. The zero-order valence-corrected chi connectivity index (χ0v) is 25.3. The third kappa shape index (κ3) is 7.33. The van der Waals surface area contributed by atoms with Crippen LogP contribution in [0.3, 0.4) is 0 Å². The van der Waals surface area contributed by atoms with Gasteiger partial charge in [0.25, 0.3) is 0 Å². The molecule has 2 N–H and O–H groups in total. The van der Waals surface area contributed by atoms with E-state index in [-0.39, 0.29) is 31.4 Å². The fourth-order valence-electron chi connectivity index (χ4n) is 6.17. The molecule has 1 fully saturated rings. The van der Waals surface area contributed by atoms with E-state index in [9.17, 15) is 23.8 Å². The van der Waals surface area contributed by atoms with Gasteiger partial charge in [0.05, 0.1) is 32.0 Å². The zero-order chi connectivity index (χ0) is 29.6. The fourth-order valence-corrected chi connectivity index (χ4v) is 11.7. The summed E-state index contributed by atoms with van der Waals surface area (Å²) in [4.78, 5) is 13.1. The molecule has 1 saturated heterocycles. The number of ether oxygens (including phenoxy) is 2. The molecular weight excluding hydrogens is 536 g/mol. The van der Waals surface area contributed by atoms with E-state index in [1.54, 1.807) is 0 Å². The molecule has 7 nitrogen and oxygen atoms in total. The van der Waals surface area contributed by atoms with Crippen LogP contribution in [-0.2, 0) is 4.43 Å². The number of hydrogen-bond donors (Lipinski definition) is 2. The predicted molar refractivity (Wildman–Crippen MR) is 153 cm³/mol. The molecule has 3 rings (SSSR count). The summed E-state index contributed by atoms with van der Waals surface area (Å²) in [6.45, 7) is 13.8. The highest BCUT2D eigenvalue weighted by atomic mass is 28.4. The van der Waals surface area contributed by atoms with Crippen LogP contribution in [0.15, 0.2) is 42.5 Å². The Bertz CT molecular complexity index is 1090. The van der Waals surface area contributed by atoms with Gasteiger partial charge < -0.3 is 29.0 Å². The summed E-state index contributed by atoms with van der Waals surface area (Å²) in [6, 6.07) is 10.5. The Morgan fingerprint density at radius 2 is 1.55 bits per heavy atom. The molecule has 0 aromatic heterocycles. The highest BCUT2D eigenvalue weighted by Gasteiger charge is 2.50. The van der Waals surface area contributed by atoms with Crippen molar-refractivity contribution in [3.05, 3.63) is 59.7 Å². The molecule has 1 amide bonds. The van der Waals surface area contributed by atoms with Crippen LogP contribution in [0.1, 0.15) is 59.4 Å². The van der Waals surface area contributed by atoms with Crippen molar-refractivity contribution in [1.29, 1.82) is 0 Å². The number of carbonyl (C=O) groups is 1. The molecule has 2 aromatic rings. The van der Waals surface area contributed by atoms with Crippen LogP contribution in [0.4, 0.5) is 13.6 Å². The Morgan fingerprint density at radius 3 is 2.12 bits per heavy atom. The number of halogens is 2. The Kier molecular flexibility index (Phi) is 11.0. The number of nitrogens with zero attached hydrogens (tertiary/aromatic N) is 1. The van der Waals surface area contributed by atoms with E-state index in [2.05, 4.69) is 41.5 Å². The van der Waals surface area contributed by atoms with Crippen LogP contribution >= 0.6 is 0 Å². The smallest absolute Gasteiger partial charge is 0.407 e. The van der Waals surface area contributed by atoms with Crippen LogP contribution in [0.25, 0.3) is 0 Å². The first-order chi connectivity index (χ1) is 18.9. The molecule has 0 saturated carbocycles. The van der Waals surface area contributed by atoms with Gasteiger partial charge in [-0.25, -0.2) is 13.6 Å². The molecule has 1 aliphatic heterocycles. The first-order valence-corrected chi connectivity index (χ1v) is 16.1. The lowest BCUT2D eigenvalue weighted by Gasteiger charge is -2.49. The van der Waals surface area contributed by atoms with Crippen molar-refractivity contribution in [2.75, 3.05) is 26.3 Å². The number of rotatable bonds is 12. The lowest BCUT2D eigenvalue weighted by molar-refractivity contribution is -0.0190. The second kappa shape index (κ2) is 13.8. The maximum absolute atomic E-state index is 13.7. The summed E-state index contributed by atoms with van der Waals surface area (Å²) in [6.07, 6.45) is -2.00. The van der Waals surface area contributed by atoms with E-state index in [0.29, 0.717) is 35.4 Å². The summed E-state index contributed by atoms with van der Waals surface area (Å²) in [5.74, 6) is -1.09. The molecule has 1 aliphatic rings. The standard InChI is InChI=1S/C30H43F2NO6Si/c1-19(2)40(20(3)4,21(5)6)39-28-18-33(30(35)36)17-26(34)29(28)22-8-11-24(12-9-22)37-14-7-15-38-27-16-23(31)10-13-25(27)32/h8-13,16,19-21,26,28-29,34H,7,14-15,17-18H2,1-6H3,(H,35,36). The van der Waals surface area contributed by atoms with Crippen LogP contribution < -0.4 is 9.47 Å². The monoisotopic (exact) mass is 579 g/mol. The van der Waals surface area contributed by atoms with Crippen molar-refractivity contribution in [3.8, 4) is 11.5 Å². The molecule has 40 heavy (non-hydrogen) atoms. The van der Waals surface area contributed by atoms with Gasteiger partial charge in [-0.2, -0.15) is 0 Å². The number of amides is 1. The highest BCUT2D eigenvalue weighted by Crippen LogP contribution is 2.45. The molecule has 2 aromatic carbocycles. The van der Waals surface area contributed by atoms with Gasteiger partial charge >= 0.3 is 6.09 Å². The summed E-state index contributed by atoms with van der Waals surface area (Å²) in [7, 11) is -2.36. The molecule has 0 aliphatic carbocycles. The molecule has 0 spiro atoms. The largest absolute Gasteiger partial charge is 0.493 e. The minimum absolute atomic E-state index is 0.0175. The van der Waals surface area contributed by atoms with Crippen molar-refractivity contribution in [2.45, 2.75) is 82.7 Å². The average Bonchev–Trinajstić information content (AvgIpc) is 2.88. The first kappa shape index (κ1) is 31.8. The minimum Gasteiger partial charge on any atom is -0.493 e. The summed E-state index contributed by atoms with van der Waals surface area (Å²) in [5, 5.41) is 20.9. The van der Waals surface area contributed by atoms with E-state index < -0.39 is 38.3 Å². The van der Waals surface area contributed by atoms with Gasteiger partial charge in [-0.05, 0) is 46.5 Å². The molecule has 10 heteroatoms. The van der Waals surface area contributed by atoms with Gasteiger partial charge in [-0.1, -0.05) is 53.7 Å². The summed E-state index contributed by atoms with van der Waals surface area (Å²) >= 11 is 0. The van der Waals surface area contributed by atoms with Crippen molar-refractivity contribution >= 4 is 14.4 Å². The zero-order valence-electron chi connectivity index (χ0n) is 24.3. The van der Waals surface area contributed by atoms with Gasteiger partial charge in [0.2, 0.25) is 8.32 Å². The lowest BCUT2D eigenvalue weighted by Crippen LogP contribution is -2.59. The second-order valence-corrected chi connectivity index (χ2v) is 16.9. The summed E-state index contributed by atoms with van der Waals surface area (Å²) < 4.78 is 45.1. The number of piperidine rings is 1. The second-order valence-electron chi connectivity index (χ2n) is 11.4. The molecule has 0 radical (unpaired) electrons. The lowest BCUT2D eigenvalue weighted by atomic mass is 9.85. The van der Waals surface area contributed by atoms with Gasteiger partial charge in [0.1, 0.15) is 11.6 Å². The van der Waals surface area contributed by atoms with Crippen LogP contribution in [-0.4, -0.2) is 68.0 Å². The van der Waals surface area contributed by atoms with E-state index in [0.717, 1.165) is 23.8 Å². The van der Waals surface area contributed by atoms with Crippen LogP contribution in [0, 0.1) is 11.6 Å². The minimum atomic E-state index is -2.36. The topological polar surface area (TPSA) is 88.5 Å². The SMILES string of the molecule is CC(C)[Si](OC1CN(C(=O)O)CC(O)C1c1ccc(OCCCOc2cc(F)ccc2F)cc1)(C(C)C)C(C)C. The predicted octanol–water partition coefficient (Wildman–Crippen LogP) is 6.81. The van der Waals surface area contributed by atoms with Crippen LogP contribution in [0.2, 0.25) is 16.6 Å². The van der Waals surface area contributed by atoms with Gasteiger partial charge in [-0.15, -0.1) is 0 Å². The van der Waals surface area contributed by atoms with Gasteiger partial charge in [0.15, 0.2) is 11.6 Å². The Morgan fingerprint density at radius 1 is 0.950 bits per heavy atom. The van der Waals surface area contributed by atoms with Gasteiger partial charge in [-0.3, -0.25) is 0 Å². The normalized spacial score (nSPS) is 19.9. The number of carboxylic acid groups (broad SMARTS) is 1.